The van der Waals surface area contributed by atoms with E-state index in [1.165, 1.54) is 16.2 Å². The molecule has 2 aromatic carbocycles. The molecular formula is C24H27ClN2O2S2. The van der Waals surface area contributed by atoms with E-state index in [0.717, 1.165) is 40.8 Å². The zero-order valence-electron chi connectivity index (χ0n) is 18.1. The van der Waals surface area contributed by atoms with Crippen LogP contribution in [0.5, 0.6) is 0 Å². The molecule has 7 heteroatoms. The lowest BCUT2D eigenvalue weighted by molar-refractivity contribution is -0.118. The molecule has 4 rings (SSSR count). The number of rotatable bonds is 7. The normalized spacial score (nSPS) is 16.4. The van der Waals surface area contributed by atoms with Gasteiger partial charge in [0.25, 0.3) is 0 Å². The van der Waals surface area contributed by atoms with Gasteiger partial charge in [0.15, 0.2) is 5.13 Å². The number of carbonyl (C=O) groups is 1. The van der Waals surface area contributed by atoms with Crippen LogP contribution in [0.15, 0.2) is 41.3 Å². The highest BCUT2D eigenvalue weighted by atomic mass is 35.5. The molecule has 1 fully saturated rings. The van der Waals surface area contributed by atoms with E-state index in [4.69, 9.17) is 21.3 Å². The molecule has 1 unspecified atom stereocenters. The predicted octanol–water partition coefficient (Wildman–Crippen LogP) is 6.51. The summed E-state index contributed by atoms with van der Waals surface area (Å²) < 4.78 is 6.87. The largest absolute Gasteiger partial charge is 0.376 e. The van der Waals surface area contributed by atoms with Gasteiger partial charge in [-0.05, 0) is 55.2 Å². The van der Waals surface area contributed by atoms with Crippen molar-refractivity contribution in [1.82, 2.24) is 4.98 Å². The number of nitrogens with zero attached hydrogens (tertiary/aromatic N) is 2. The van der Waals surface area contributed by atoms with Crippen LogP contribution in [0.4, 0.5) is 5.13 Å². The maximum Gasteiger partial charge on any atom is 0.233 e. The van der Waals surface area contributed by atoms with Gasteiger partial charge in [0.05, 0.1) is 29.3 Å². The molecule has 0 aliphatic carbocycles. The summed E-state index contributed by atoms with van der Waals surface area (Å²) >= 11 is 9.65. The first-order valence-corrected chi connectivity index (χ1v) is 12.7. The predicted molar refractivity (Wildman–Crippen MR) is 132 cm³/mol. The van der Waals surface area contributed by atoms with E-state index in [1.54, 1.807) is 0 Å². The quantitative estimate of drug-likeness (QED) is 0.366. The molecule has 0 bridgehead atoms. The number of anilines is 1. The molecule has 0 N–H and O–H groups in total. The van der Waals surface area contributed by atoms with Gasteiger partial charge in [0, 0.05) is 21.8 Å². The molecule has 1 saturated heterocycles. The van der Waals surface area contributed by atoms with E-state index in [0.29, 0.717) is 28.4 Å². The molecule has 1 aromatic heterocycles. The maximum absolute atomic E-state index is 13.4. The van der Waals surface area contributed by atoms with Crippen molar-refractivity contribution in [3.8, 4) is 0 Å². The molecule has 0 saturated carbocycles. The van der Waals surface area contributed by atoms with E-state index in [9.17, 15) is 4.79 Å². The number of aryl methyl sites for hydroxylation is 1. The third-order valence-corrected chi connectivity index (χ3v) is 7.80. The van der Waals surface area contributed by atoms with Crippen LogP contribution in [-0.2, 0) is 16.0 Å². The van der Waals surface area contributed by atoms with E-state index in [1.807, 2.05) is 35.7 Å². The van der Waals surface area contributed by atoms with E-state index in [-0.39, 0.29) is 12.0 Å². The van der Waals surface area contributed by atoms with Gasteiger partial charge in [0.2, 0.25) is 5.91 Å². The first kappa shape index (κ1) is 22.6. The third-order valence-electron chi connectivity index (χ3n) is 5.33. The highest BCUT2D eigenvalue weighted by molar-refractivity contribution is 7.99. The number of fused-ring (bicyclic) bond motifs is 1. The van der Waals surface area contributed by atoms with Gasteiger partial charge in [-0.25, -0.2) is 4.98 Å². The third kappa shape index (κ3) is 5.43. The Bertz CT molecular complexity index is 1060. The lowest BCUT2D eigenvalue weighted by Crippen LogP contribution is -2.38. The topological polar surface area (TPSA) is 42.4 Å². The van der Waals surface area contributed by atoms with Crippen LogP contribution >= 0.6 is 34.7 Å². The summed E-state index contributed by atoms with van der Waals surface area (Å²) in [6.45, 7) is 7.62. The van der Waals surface area contributed by atoms with Crippen LogP contribution < -0.4 is 4.90 Å². The SMILES string of the molecule is Cc1c(Cl)ccc2sc(N(CC3CCCO3)C(=O)Cc3ccc(SC(C)C)cc3)nc12. The molecule has 0 radical (unpaired) electrons. The number of halogens is 1. The lowest BCUT2D eigenvalue weighted by atomic mass is 10.1. The summed E-state index contributed by atoms with van der Waals surface area (Å²) in [4.78, 5) is 21.2. The second kappa shape index (κ2) is 9.90. The lowest BCUT2D eigenvalue weighted by Gasteiger charge is -2.23. The number of thioether (sulfide) groups is 1. The molecule has 3 aromatic rings. The molecule has 1 amide bonds. The minimum absolute atomic E-state index is 0.0440. The molecule has 31 heavy (non-hydrogen) atoms. The number of amides is 1. The van der Waals surface area contributed by atoms with Crippen LogP contribution in [0.25, 0.3) is 10.2 Å². The molecule has 4 nitrogen and oxygen atoms in total. The maximum atomic E-state index is 13.4. The number of aromatic nitrogens is 1. The molecule has 1 atom stereocenters. The summed E-state index contributed by atoms with van der Waals surface area (Å²) in [6.07, 6.45) is 2.41. The summed E-state index contributed by atoms with van der Waals surface area (Å²) in [7, 11) is 0. The van der Waals surface area contributed by atoms with Crippen molar-refractivity contribution < 1.29 is 9.53 Å². The fourth-order valence-electron chi connectivity index (χ4n) is 3.71. The minimum Gasteiger partial charge on any atom is -0.376 e. The number of hydrogen-bond acceptors (Lipinski definition) is 5. The van der Waals surface area contributed by atoms with Crippen molar-refractivity contribution >= 4 is 56.0 Å². The van der Waals surface area contributed by atoms with Gasteiger partial charge in [-0.3, -0.25) is 9.69 Å². The van der Waals surface area contributed by atoms with Crippen molar-refractivity contribution in [1.29, 1.82) is 0 Å². The van der Waals surface area contributed by atoms with Gasteiger partial charge in [-0.1, -0.05) is 48.9 Å². The van der Waals surface area contributed by atoms with Crippen molar-refractivity contribution in [2.45, 2.75) is 56.3 Å². The van der Waals surface area contributed by atoms with Crippen LogP contribution in [-0.4, -0.2) is 35.4 Å². The van der Waals surface area contributed by atoms with Gasteiger partial charge < -0.3 is 4.74 Å². The van der Waals surface area contributed by atoms with Gasteiger partial charge in [-0.15, -0.1) is 11.8 Å². The number of ether oxygens (including phenoxy) is 1. The van der Waals surface area contributed by atoms with Crippen LogP contribution in [0.1, 0.15) is 37.8 Å². The Kier molecular flexibility index (Phi) is 7.22. The molecule has 0 spiro atoms. The van der Waals surface area contributed by atoms with E-state index < -0.39 is 0 Å². The van der Waals surface area contributed by atoms with E-state index >= 15 is 0 Å². The Morgan fingerprint density at radius 1 is 1.29 bits per heavy atom. The minimum atomic E-state index is 0.0440. The smallest absolute Gasteiger partial charge is 0.233 e. The summed E-state index contributed by atoms with van der Waals surface area (Å²) in [5, 5.41) is 1.94. The summed E-state index contributed by atoms with van der Waals surface area (Å²) in [5.74, 6) is 0.0440. The van der Waals surface area contributed by atoms with Crippen LogP contribution in [0.3, 0.4) is 0 Å². The Morgan fingerprint density at radius 2 is 2.06 bits per heavy atom. The Hall–Kier alpha value is -1.60. The highest BCUT2D eigenvalue weighted by Crippen LogP contribution is 2.34. The number of hydrogen-bond donors (Lipinski definition) is 0. The molecular weight excluding hydrogens is 448 g/mol. The van der Waals surface area contributed by atoms with Gasteiger partial charge in [0.1, 0.15) is 0 Å². The monoisotopic (exact) mass is 474 g/mol. The fourth-order valence-corrected chi connectivity index (χ4v) is 5.75. The Morgan fingerprint density at radius 3 is 2.74 bits per heavy atom. The average molecular weight is 475 g/mol. The number of benzene rings is 2. The Labute approximate surface area is 196 Å². The summed E-state index contributed by atoms with van der Waals surface area (Å²) in [6, 6.07) is 12.2. The van der Waals surface area contributed by atoms with Crippen molar-refractivity contribution in [2.75, 3.05) is 18.1 Å². The zero-order valence-corrected chi connectivity index (χ0v) is 20.4. The Balaban J connectivity index is 1.58. The van der Waals surface area contributed by atoms with Crippen LogP contribution in [0, 0.1) is 6.92 Å². The first-order chi connectivity index (χ1) is 14.9. The van der Waals surface area contributed by atoms with Crippen molar-refractivity contribution in [2.24, 2.45) is 0 Å². The zero-order chi connectivity index (χ0) is 22.0. The van der Waals surface area contributed by atoms with Gasteiger partial charge in [-0.2, -0.15) is 0 Å². The number of carbonyl (C=O) groups excluding carboxylic acids is 1. The standard InChI is InChI=1S/C24H27ClN2O2S2/c1-15(2)30-19-8-6-17(7-9-19)13-22(28)27(14-18-5-4-12-29-18)24-26-23-16(3)20(25)10-11-21(23)31-24/h6-11,15,18H,4-5,12-14H2,1-3H3. The molecule has 164 valence electrons. The van der Waals surface area contributed by atoms with Crippen molar-refractivity contribution in [3.05, 3.63) is 52.5 Å². The molecule has 1 aliphatic heterocycles. The van der Waals surface area contributed by atoms with Gasteiger partial charge >= 0.3 is 0 Å². The number of thiazole rings is 1. The second-order valence-electron chi connectivity index (χ2n) is 8.14. The molecule has 1 aliphatic rings. The van der Waals surface area contributed by atoms with Crippen molar-refractivity contribution in [3.63, 3.8) is 0 Å². The van der Waals surface area contributed by atoms with E-state index in [2.05, 4.69) is 38.1 Å². The average Bonchev–Trinajstić information content (AvgIpc) is 3.40. The fraction of sp³-hybridized carbons (Fsp3) is 0.417. The second-order valence-corrected chi connectivity index (χ2v) is 11.2. The highest BCUT2D eigenvalue weighted by Gasteiger charge is 2.26. The van der Waals surface area contributed by atoms with Crippen LogP contribution in [0.2, 0.25) is 5.02 Å². The molecule has 2 heterocycles. The summed E-state index contributed by atoms with van der Waals surface area (Å²) in [5.41, 5.74) is 2.83. The first-order valence-electron chi connectivity index (χ1n) is 10.6.